The summed E-state index contributed by atoms with van der Waals surface area (Å²) >= 11 is 5.92. The molecule has 8 nitrogen and oxygen atoms in total. The van der Waals surface area contributed by atoms with Crippen LogP contribution in [0.25, 0.3) is 0 Å². The Kier molecular flexibility index (Phi) is 8.69. The molecule has 0 fully saturated rings. The van der Waals surface area contributed by atoms with Crippen LogP contribution in [0, 0.1) is 0 Å². The van der Waals surface area contributed by atoms with Gasteiger partial charge in [-0.2, -0.15) is 0 Å². The molecule has 0 bridgehead atoms. The molecular formula is C26H24ClNO7. The largest absolute Gasteiger partial charge is 0.493 e. The van der Waals surface area contributed by atoms with Crippen LogP contribution in [0.2, 0.25) is 5.02 Å². The molecule has 0 heterocycles. The first-order chi connectivity index (χ1) is 16.8. The van der Waals surface area contributed by atoms with Crippen LogP contribution in [0.5, 0.6) is 11.5 Å². The Labute approximate surface area is 207 Å². The van der Waals surface area contributed by atoms with Gasteiger partial charge in [0.15, 0.2) is 0 Å². The summed E-state index contributed by atoms with van der Waals surface area (Å²) in [6, 6.07) is 16.0. The highest BCUT2D eigenvalue weighted by Crippen LogP contribution is 2.25. The third kappa shape index (κ3) is 6.74. The molecule has 1 amide bonds. The molecule has 0 saturated carbocycles. The maximum Gasteiger partial charge on any atom is 0.337 e. The number of methoxy groups -OCH3 is 2. The number of hydrogen-bond acceptors (Lipinski definition) is 7. The number of anilines is 1. The minimum atomic E-state index is -0.658. The van der Waals surface area contributed by atoms with E-state index in [4.69, 9.17) is 30.5 Å². The Morgan fingerprint density at radius 2 is 1.43 bits per heavy atom. The molecule has 1 N–H and O–H groups in total. The van der Waals surface area contributed by atoms with Crippen molar-refractivity contribution >= 4 is 35.1 Å². The van der Waals surface area contributed by atoms with Gasteiger partial charge in [0.25, 0.3) is 5.91 Å². The molecule has 3 aromatic rings. The molecule has 0 atom stereocenters. The van der Waals surface area contributed by atoms with E-state index in [2.05, 4.69) is 5.32 Å². The van der Waals surface area contributed by atoms with Crippen molar-refractivity contribution in [3.8, 4) is 11.5 Å². The molecular weight excluding hydrogens is 474 g/mol. The minimum Gasteiger partial charge on any atom is -0.493 e. The van der Waals surface area contributed by atoms with E-state index in [1.165, 1.54) is 32.4 Å². The predicted octanol–water partition coefficient (Wildman–Crippen LogP) is 5.14. The molecule has 9 heteroatoms. The molecule has 0 unspecified atom stereocenters. The first kappa shape index (κ1) is 25.6. The number of nitrogens with one attached hydrogen (secondary N) is 1. The summed E-state index contributed by atoms with van der Waals surface area (Å²) in [5, 5.41) is 3.30. The van der Waals surface area contributed by atoms with Crippen molar-refractivity contribution in [2.24, 2.45) is 0 Å². The first-order valence-electron chi connectivity index (χ1n) is 10.6. The van der Waals surface area contributed by atoms with E-state index in [0.717, 1.165) is 0 Å². The smallest absolute Gasteiger partial charge is 0.337 e. The van der Waals surface area contributed by atoms with Gasteiger partial charge < -0.3 is 24.3 Å². The van der Waals surface area contributed by atoms with Gasteiger partial charge in [0, 0.05) is 21.8 Å². The van der Waals surface area contributed by atoms with Crippen molar-refractivity contribution in [3.05, 3.63) is 87.9 Å². The number of halogens is 1. The lowest BCUT2D eigenvalue weighted by Crippen LogP contribution is -2.15. The zero-order valence-electron chi connectivity index (χ0n) is 19.4. The molecule has 0 radical (unpaired) electrons. The monoisotopic (exact) mass is 497 g/mol. The number of carbonyl (C=O) groups is 3. The second-order valence-corrected chi connectivity index (χ2v) is 7.67. The van der Waals surface area contributed by atoms with Gasteiger partial charge in [0.05, 0.1) is 32.0 Å². The highest BCUT2D eigenvalue weighted by atomic mass is 35.5. The Balaban J connectivity index is 1.85. The summed E-state index contributed by atoms with van der Waals surface area (Å²) in [7, 11) is 2.44. The molecule has 0 aliphatic heterocycles. The van der Waals surface area contributed by atoms with Crippen molar-refractivity contribution < 1.29 is 33.3 Å². The summed E-state index contributed by atoms with van der Waals surface area (Å²) in [4.78, 5) is 37.0. The Bertz CT molecular complexity index is 1190. The van der Waals surface area contributed by atoms with Crippen LogP contribution in [0.3, 0.4) is 0 Å². The Hall–Kier alpha value is -4.04. The molecule has 0 spiro atoms. The lowest BCUT2D eigenvalue weighted by molar-refractivity contribution is 0.0599. The van der Waals surface area contributed by atoms with Crippen molar-refractivity contribution in [1.82, 2.24) is 0 Å². The number of hydrogen-bond donors (Lipinski definition) is 1. The molecule has 0 aromatic heterocycles. The summed E-state index contributed by atoms with van der Waals surface area (Å²) in [5.74, 6) is -0.582. The van der Waals surface area contributed by atoms with E-state index in [1.807, 2.05) is 6.92 Å². The molecule has 0 aliphatic carbocycles. The summed E-state index contributed by atoms with van der Waals surface area (Å²) in [6.45, 7) is 2.45. The van der Waals surface area contributed by atoms with Crippen LogP contribution >= 0.6 is 11.6 Å². The number of benzene rings is 3. The van der Waals surface area contributed by atoms with E-state index in [1.54, 1.807) is 42.5 Å². The number of amides is 1. The van der Waals surface area contributed by atoms with Crippen LogP contribution < -0.4 is 14.8 Å². The van der Waals surface area contributed by atoms with Crippen molar-refractivity contribution in [2.45, 2.75) is 13.5 Å². The second-order valence-electron chi connectivity index (χ2n) is 7.23. The molecule has 0 saturated heterocycles. The highest BCUT2D eigenvalue weighted by molar-refractivity contribution is 6.30. The van der Waals surface area contributed by atoms with Gasteiger partial charge in [-0.3, -0.25) is 4.79 Å². The average molecular weight is 498 g/mol. The summed E-state index contributed by atoms with van der Waals surface area (Å²) in [5.41, 5.74) is 1.40. The van der Waals surface area contributed by atoms with Crippen LogP contribution in [-0.4, -0.2) is 38.7 Å². The van der Waals surface area contributed by atoms with E-state index in [-0.39, 0.29) is 23.4 Å². The normalized spacial score (nSPS) is 10.3. The quantitative estimate of drug-likeness (QED) is 0.408. The fourth-order valence-corrected chi connectivity index (χ4v) is 3.32. The molecule has 182 valence electrons. The van der Waals surface area contributed by atoms with E-state index in [9.17, 15) is 14.4 Å². The van der Waals surface area contributed by atoms with Gasteiger partial charge >= 0.3 is 11.9 Å². The third-order valence-corrected chi connectivity index (χ3v) is 5.12. The first-order valence-corrected chi connectivity index (χ1v) is 11.0. The second kappa shape index (κ2) is 11.9. The van der Waals surface area contributed by atoms with Gasteiger partial charge in [0.1, 0.15) is 18.1 Å². The zero-order chi connectivity index (χ0) is 25.4. The van der Waals surface area contributed by atoms with Crippen molar-refractivity contribution in [1.29, 1.82) is 0 Å². The Morgan fingerprint density at radius 1 is 0.800 bits per heavy atom. The molecule has 3 aromatic carbocycles. The Morgan fingerprint density at radius 3 is 2.00 bits per heavy atom. The van der Waals surface area contributed by atoms with Crippen molar-refractivity contribution in [2.75, 3.05) is 26.1 Å². The molecule has 35 heavy (non-hydrogen) atoms. The van der Waals surface area contributed by atoms with Gasteiger partial charge in [-0.1, -0.05) is 11.6 Å². The summed E-state index contributed by atoms with van der Waals surface area (Å²) < 4.78 is 21.0. The van der Waals surface area contributed by atoms with Gasteiger partial charge in [-0.05, 0) is 67.6 Å². The zero-order valence-corrected chi connectivity index (χ0v) is 20.2. The number of ether oxygens (including phenoxy) is 4. The van der Waals surface area contributed by atoms with Crippen LogP contribution in [0.4, 0.5) is 5.69 Å². The lowest BCUT2D eigenvalue weighted by Gasteiger charge is -2.14. The van der Waals surface area contributed by atoms with Crippen LogP contribution in [-0.2, 0) is 16.1 Å². The van der Waals surface area contributed by atoms with Crippen LogP contribution in [0.15, 0.2) is 60.7 Å². The van der Waals surface area contributed by atoms with E-state index in [0.29, 0.717) is 34.3 Å². The molecule has 3 rings (SSSR count). The van der Waals surface area contributed by atoms with Crippen LogP contribution in [0.1, 0.15) is 43.6 Å². The predicted molar refractivity (Wildman–Crippen MR) is 130 cm³/mol. The fourth-order valence-electron chi connectivity index (χ4n) is 3.20. The maximum atomic E-state index is 13.0. The number of rotatable bonds is 9. The number of esters is 2. The fraction of sp³-hybridized carbons (Fsp3) is 0.192. The minimum absolute atomic E-state index is 0.0921. The summed E-state index contributed by atoms with van der Waals surface area (Å²) in [6.07, 6.45) is 0. The number of carbonyl (C=O) groups excluding carboxylic acids is 3. The van der Waals surface area contributed by atoms with Crippen molar-refractivity contribution in [3.63, 3.8) is 0 Å². The molecule has 0 aliphatic rings. The average Bonchev–Trinajstić information content (AvgIpc) is 2.87. The highest BCUT2D eigenvalue weighted by Gasteiger charge is 2.17. The third-order valence-electron chi connectivity index (χ3n) is 4.86. The van der Waals surface area contributed by atoms with Gasteiger partial charge in [-0.25, -0.2) is 9.59 Å². The van der Waals surface area contributed by atoms with E-state index >= 15 is 0 Å². The van der Waals surface area contributed by atoms with E-state index < -0.39 is 17.8 Å². The standard InChI is InChI=1S/C26H24ClNO7/c1-4-34-23-10-5-16(11-19(23)15-35-22-8-6-20(27)7-9-22)24(29)28-21-13-17(25(30)32-2)12-18(14-21)26(31)33-3/h5-14H,4,15H2,1-3H3,(H,28,29). The SMILES string of the molecule is CCOc1ccc(C(=O)Nc2cc(C(=O)OC)cc(C(=O)OC)c2)cc1COc1ccc(Cl)cc1. The maximum absolute atomic E-state index is 13.0. The lowest BCUT2D eigenvalue weighted by atomic mass is 10.1. The van der Waals surface area contributed by atoms with Gasteiger partial charge in [-0.15, -0.1) is 0 Å². The van der Waals surface area contributed by atoms with Gasteiger partial charge in [0.2, 0.25) is 0 Å². The topological polar surface area (TPSA) is 100 Å².